The highest BCUT2D eigenvalue weighted by Crippen LogP contribution is 2.34. The van der Waals surface area contributed by atoms with Crippen molar-refractivity contribution >= 4 is 5.97 Å². The molecule has 0 bridgehead atoms. The van der Waals surface area contributed by atoms with Crippen LogP contribution >= 0.6 is 0 Å². The van der Waals surface area contributed by atoms with Crippen LogP contribution in [0.5, 0.6) is 0 Å². The van der Waals surface area contributed by atoms with Crippen LogP contribution in [0.15, 0.2) is 30.3 Å². The Morgan fingerprint density at radius 3 is 2.63 bits per heavy atom. The minimum Gasteiger partial charge on any atom is -0.469 e. The smallest absolute Gasteiger partial charge is 0.306 e. The Kier molecular flexibility index (Phi) is 4.22. The van der Waals surface area contributed by atoms with Crippen LogP contribution < -0.4 is 0 Å². The van der Waals surface area contributed by atoms with Gasteiger partial charge < -0.3 is 14.2 Å². The number of methoxy groups -OCH3 is 1. The quantitative estimate of drug-likeness (QED) is 0.784. The number of carbonyl (C=O) groups excluding carboxylic acids is 1. The van der Waals surface area contributed by atoms with E-state index in [-0.39, 0.29) is 18.0 Å². The summed E-state index contributed by atoms with van der Waals surface area (Å²) in [5.41, 5.74) is 1.07. The van der Waals surface area contributed by atoms with Crippen LogP contribution in [0.4, 0.5) is 0 Å². The van der Waals surface area contributed by atoms with Gasteiger partial charge in [-0.3, -0.25) is 4.79 Å². The summed E-state index contributed by atoms with van der Waals surface area (Å²) in [6.07, 6.45) is 0.168. The molecule has 1 heterocycles. The third-order valence-electron chi connectivity index (χ3n) is 3.32. The molecule has 4 heteroatoms. The molecule has 0 saturated carbocycles. The third kappa shape index (κ3) is 3.55. The van der Waals surface area contributed by atoms with Crippen molar-refractivity contribution in [2.75, 3.05) is 13.7 Å². The highest BCUT2D eigenvalue weighted by Gasteiger charge is 2.38. The summed E-state index contributed by atoms with van der Waals surface area (Å²) in [4.78, 5) is 11.6. The largest absolute Gasteiger partial charge is 0.469 e. The molecule has 0 amide bonds. The van der Waals surface area contributed by atoms with Crippen molar-refractivity contribution in [3.63, 3.8) is 0 Å². The lowest BCUT2D eigenvalue weighted by molar-refractivity contribution is -0.148. The molecule has 19 heavy (non-hydrogen) atoms. The first-order valence-corrected chi connectivity index (χ1v) is 6.45. The van der Waals surface area contributed by atoms with E-state index < -0.39 is 5.79 Å². The number of hydrogen-bond donors (Lipinski definition) is 0. The molecular weight excluding hydrogens is 244 g/mol. The van der Waals surface area contributed by atoms with Crippen molar-refractivity contribution < 1.29 is 19.0 Å². The standard InChI is InChI=1S/C15H20O4/c1-15(2)18-10-13(19-15)12(9-14(16)17-3)11-7-5-4-6-8-11/h4-8,12-13H,9-10H2,1-3H3/t12-,13-/m1/s1. The van der Waals surface area contributed by atoms with Gasteiger partial charge in [-0.15, -0.1) is 0 Å². The van der Waals surface area contributed by atoms with Gasteiger partial charge in [-0.2, -0.15) is 0 Å². The Morgan fingerprint density at radius 1 is 1.42 bits per heavy atom. The van der Waals surface area contributed by atoms with E-state index in [0.717, 1.165) is 5.56 Å². The molecule has 4 nitrogen and oxygen atoms in total. The van der Waals surface area contributed by atoms with Gasteiger partial charge in [-0.1, -0.05) is 30.3 Å². The number of hydrogen-bond acceptors (Lipinski definition) is 4. The first kappa shape index (κ1) is 14.0. The highest BCUT2D eigenvalue weighted by atomic mass is 16.7. The maximum Gasteiger partial charge on any atom is 0.306 e. The zero-order valence-electron chi connectivity index (χ0n) is 11.6. The fourth-order valence-electron chi connectivity index (χ4n) is 2.34. The zero-order valence-corrected chi connectivity index (χ0v) is 11.6. The molecule has 1 fully saturated rings. The van der Waals surface area contributed by atoms with Crippen LogP contribution in [0.25, 0.3) is 0 Å². The normalized spacial score (nSPS) is 23.0. The predicted molar refractivity (Wildman–Crippen MR) is 70.7 cm³/mol. The number of carbonyl (C=O) groups is 1. The molecule has 0 radical (unpaired) electrons. The predicted octanol–water partition coefficient (Wildman–Crippen LogP) is 2.48. The Labute approximate surface area is 113 Å². The first-order chi connectivity index (χ1) is 9.02. The summed E-state index contributed by atoms with van der Waals surface area (Å²) < 4.78 is 16.3. The molecule has 1 saturated heterocycles. The lowest BCUT2D eigenvalue weighted by Gasteiger charge is -2.23. The Bertz CT molecular complexity index is 427. The van der Waals surface area contributed by atoms with Crippen LogP contribution in [0.3, 0.4) is 0 Å². The van der Waals surface area contributed by atoms with Crippen LogP contribution in [0.1, 0.15) is 31.7 Å². The van der Waals surface area contributed by atoms with Crippen molar-refractivity contribution in [1.82, 2.24) is 0 Å². The summed E-state index contributed by atoms with van der Waals surface area (Å²) in [5.74, 6) is -0.869. The van der Waals surface area contributed by atoms with Gasteiger partial charge in [0.1, 0.15) is 0 Å². The SMILES string of the molecule is COC(=O)C[C@H](c1ccccc1)[C@H]1COC(C)(C)O1. The van der Waals surface area contributed by atoms with E-state index in [9.17, 15) is 4.79 Å². The molecule has 1 aliphatic heterocycles. The summed E-state index contributed by atoms with van der Waals surface area (Å²) in [5, 5.41) is 0. The molecule has 2 atom stereocenters. The zero-order chi connectivity index (χ0) is 13.9. The van der Waals surface area contributed by atoms with Gasteiger partial charge in [-0.05, 0) is 19.4 Å². The molecular formula is C15H20O4. The molecule has 1 aliphatic rings. The molecule has 1 aromatic rings. The second-order valence-corrected chi connectivity index (χ2v) is 5.16. The first-order valence-electron chi connectivity index (χ1n) is 6.45. The number of esters is 1. The van der Waals surface area contributed by atoms with Crippen LogP contribution in [-0.2, 0) is 19.0 Å². The number of benzene rings is 1. The number of rotatable bonds is 4. The molecule has 104 valence electrons. The van der Waals surface area contributed by atoms with E-state index >= 15 is 0 Å². The fourth-order valence-corrected chi connectivity index (χ4v) is 2.34. The summed E-state index contributed by atoms with van der Waals surface area (Å²) in [6, 6.07) is 9.88. The minimum absolute atomic E-state index is 0.0459. The summed E-state index contributed by atoms with van der Waals surface area (Å²) in [7, 11) is 1.40. The molecule has 0 unspecified atom stereocenters. The topological polar surface area (TPSA) is 44.8 Å². The molecule has 0 spiro atoms. The van der Waals surface area contributed by atoms with E-state index in [0.29, 0.717) is 13.0 Å². The van der Waals surface area contributed by atoms with Gasteiger partial charge in [0.2, 0.25) is 0 Å². The van der Waals surface area contributed by atoms with Gasteiger partial charge in [0.15, 0.2) is 5.79 Å². The average Bonchev–Trinajstić information content (AvgIpc) is 2.76. The second-order valence-electron chi connectivity index (χ2n) is 5.16. The Hall–Kier alpha value is -1.39. The van der Waals surface area contributed by atoms with Crippen molar-refractivity contribution in [2.24, 2.45) is 0 Å². The van der Waals surface area contributed by atoms with Gasteiger partial charge in [0.25, 0.3) is 0 Å². The lowest BCUT2D eigenvalue weighted by atomic mass is 9.90. The van der Waals surface area contributed by atoms with Gasteiger partial charge in [0, 0.05) is 5.92 Å². The maximum atomic E-state index is 11.6. The van der Waals surface area contributed by atoms with Gasteiger partial charge in [-0.25, -0.2) is 0 Å². The van der Waals surface area contributed by atoms with E-state index in [1.807, 2.05) is 44.2 Å². The molecule has 0 aliphatic carbocycles. The second kappa shape index (κ2) is 5.72. The number of ether oxygens (including phenoxy) is 3. The van der Waals surface area contributed by atoms with Crippen LogP contribution in [0.2, 0.25) is 0 Å². The van der Waals surface area contributed by atoms with Gasteiger partial charge in [0.05, 0.1) is 26.2 Å². The van der Waals surface area contributed by atoms with E-state index in [2.05, 4.69) is 0 Å². The van der Waals surface area contributed by atoms with Crippen molar-refractivity contribution in [2.45, 2.75) is 38.1 Å². The van der Waals surface area contributed by atoms with Crippen LogP contribution in [-0.4, -0.2) is 31.6 Å². The van der Waals surface area contributed by atoms with Crippen molar-refractivity contribution in [1.29, 1.82) is 0 Å². The molecule has 2 rings (SSSR count). The lowest BCUT2D eigenvalue weighted by Crippen LogP contribution is -2.27. The Balaban J connectivity index is 2.18. The van der Waals surface area contributed by atoms with E-state index in [1.165, 1.54) is 7.11 Å². The van der Waals surface area contributed by atoms with E-state index in [4.69, 9.17) is 14.2 Å². The van der Waals surface area contributed by atoms with Crippen molar-refractivity contribution in [3.05, 3.63) is 35.9 Å². The third-order valence-corrected chi connectivity index (χ3v) is 3.32. The maximum absolute atomic E-state index is 11.6. The highest BCUT2D eigenvalue weighted by molar-refractivity contribution is 5.70. The monoisotopic (exact) mass is 264 g/mol. The fraction of sp³-hybridized carbons (Fsp3) is 0.533. The average molecular weight is 264 g/mol. The van der Waals surface area contributed by atoms with E-state index in [1.54, 1.807) is 0 Å². The van der Waals surface area contributed by atoms with Crippen LogP contribution in [0, 0.1) is 0 Å². The molecule has 0 N–H and O–H groups in total. The van der Waals surface area contributed by atoms with Gasteiger partial charge >= 0.3 is 5.97 Å². The van der Waals surface area contributed by atoms with Crippen molar-refractivity contribution in [3.8, 4) is 0 Å². The summed E-state index contributed by atoms with van der Waals surface area (Å²) >= 11 is 0. The molecule has 1 aromatic carbocycles. The Morgan fingerprint density at radius 2 is 2.11 bits per heavy atom. The summed E-state index contributed by atoms with van der Waals surface area (Å²) in [6.45, 7) is 4.25. The minimum atomic E-state index is -0.589. The molecule has 0 aromatic heterocycles.